The third-order valence-electron chi connectivity index (χ3n) is 2.14. The lowest BCUT2D eigenvalue weighted by atomic mass is 10.0. The molecule has 2 aromatic rings. The van der Waals surface area contributed by atoms with Gasteiger partial charge in [0.05, 0.1) is 10.6 Å². The molecule has 0 unspecified atom stereocenters. The number of phenols is 1. The number of hydrogen-bond acceptors (Lipinski definition) is 1. The predicted molar refractivity (Wildman–Crippen MR) is 58.5 cm³/mol. The Hall–Kier alpha value is -1.54. The second-order valence-corrected chi connectivity index (χ2v) is 3.53. The zero-order valence-corrected chi connectivity index (χ0v) is 8.50. The summed E-state index contributed by atoms with van der Waals surface area (Å²) in [7, 11) is 0. The second kappa shape index (κ2) is 3.91. The summed E-state index contributed by atoms with van der Waals surface area (Å²) in [6.07, 6.45) is 0. The summed E-state index contributed by atoms with van der Waals surface area (Å²) < 4.78 is 13.7. The summed E-state index contributed by atoms with van der Waals surface area (Å²) in [6, 6.07) is 11.5. The number of benzene rings is 2. The summed E-state index contributed by atoms with van der Waals surface area (Å²) in [6.45, 7) is 0. The monoisotopic (exact) mass is 222 g/mol. The molecule has 0 radical (unpaired) electrons. The fraction of sp³-hybridized carbons (Fsp3) is 0. The van der Waals surface area contributed by atoms with Crippen LogP contribution in [0.3, 0.4) is 0 Å². The zero-order valence-electron chi connectivity index (χ0n) is 7.74. The lowest BCUT2D eigenvalue weighted by molar-refractivity contribution is 0.472. The average molecular weight is 223 g/mol. The Balaban J connectivity index is 2.68. The lowest BCUT2D eigenvalue weighted by Gasteiger charge is -2.07. The van der Waals surface area contributed by atoms with Crippen molar-refractivity contribution in [3.05, 3.63) is 53.3 Å². The predicted octanol–water partition coefficient (Wildman–Crippen LogP) is 3.85. The molecule has 1 N–H and O–H groups in total. The van der Waals surface area contributed by atoms with Gasteiger partial charge in [0.15, 0.2) is 5.82 Å². The SMILES string of the molecule is Oc1ccc(Cl)c(F)c1-c1ccccc1. The van der Waals surface area contributed by atoms with Crippen LogP contribution in [0.1, 0.15) is 0 Å². The van der Waals surface area contributed by atoms with E-state index in [4.69, 9.17) is 11.6 Å². The topological polar surface area (TPSA) is 20.2 Å². The molecule has 0 saturated carbocycles. The molecule has 0 aliphatic heterocycles. The van der Waals surface area contributed by atoms with Gasteiger partial charge in [0, 0.05) is 0 Å². The van der Waals surface area contributed by atoms with Gasteiger partial charge in [-0.05, 0) is 17.7 Å². The van der Waals surface area contributed by atoms with Crippen molar-refractivity contribution in [2.75, 3.05) is 0 Å². The van der Waals surface area contributed by atoms with Crippen LogP contribution in [0.4, 0.5) is 4.39 Å². The highest BCUT2D eigenvalue weighted by Crippen LogP contribution is 2.34. The Morgan fingerprint density at radius 3 is 2.33 bits per heavy atom. The van der Waals surface area contributed by atoms with Gasteiger partial charge in [0.25, 0.3) is 0 Å². The van der Waals surface area contributed by atoms with Crippen LogP contribution in [-0.2, 0) is 0 Å². The standard InChI is InChI=1S/C12H8ClFO/c13-9-6-7-10(15)11(12(9)14)8-4-2-1-3-5-8/h1-7,15H. The van der Waals surface area contributed by atoms with E-state index in [1.54, 1.807) is 24.3 Å². The van der Waals surface area contributed by atoms with Gasteiger partial charge < -0.3 is 5.11 Å². The summed E-state index contributed by atoms with van der Waals surface area (Å²) in [5.41, 5.74) is 0.748. The normalized spacial score (nSPS) is 10.3. The molecule has 3 heteroatoms. The Labute approximate surface area is 91.8 Å². The first-order valence-electron chi connectivity index (χ1n) is 4.42. The minimum Gasteiger partial charge on any atom is -0.507 e. The van der Waals surface area contributed by atoms with Crippen molar-refractivity contribution in [3.8, 4) is 16.9 Å². The molecule has 2 aromatic carbocycles. The molecular weight excluding hydrogens is 215 g/mol. The number of aromatic hydroxyl groups is 1. The molecule has 0 aromatic heterocycles. The molecule has 0 heterocycles. The molecule has 0 saturated heterocycles. The molecule has 15 heavy (non-hydrogen) atoms. The Bertz CT molecular complexity index is 482. The molecule has 1 nitrogen and oxygen atoms in total. The van der Waals surface area contributed by atoms with Gasteiger partial charge in [-0.1, -0.05) is 41.9 Å². The summed E-state index contributed by atoms with van der Waals surface area (Å²) >= 11 is 5.65. The quantitative estimate of drug-likeness (QED) is 0.777. The van der Waals surface area contributed by atoms with E-state index in [-0.39, 0.29) is 16.3 Å². The van der Waals surface area contributed by atoms with Gasteiger partial charge in [-0.25, -0.2) is 4.39 Å². The van der Waals surface area contributed by atoms with Crippen LogP contribution in [0.25, 0.3) is 11.1 Å². The maximum atomic E-state index is 13.7. The van der Waals surface area contributed by atoms with Crippen molar-refractivity contribution >= 4 is 11.6 Å². The van der Waals surface area contributed by atoms with E-state index in [2.05, 4.69) is 0 Å². The molecule has 76 valence electrons. The summed E-state index contributed by atoms with van der Waals surface area (Å²) in [5, 5.41) is 9.58. The van der Waals surface area contributed by atoms with Crippen molar-refractivity contribution < 1.29 is 9.50 Å². The molecule has 0 amide bonds. The highest BCUT2D eigenvalue weighted by Gasteiger charge is 2.13. The van der Waals surface area contributed by atoms with Crippen LogP contribution in [0.2, 0.25) is 5.02 Å². The highest BCUT2D eigenvalue weighted by atomic mass is 35.5. The fourth-order valence-corrected chi connectivity index (χ4v) is 1.58. The van der Waals surface area contributed by atoms with E-state index in [1.165, 1.54) is 12.1 Å². The average Bonchev–Trinajstić information content (AvgIpc) is 2.26. The first-order valence-corrected chi connectivity index (χ1v) is 4.80. The minimum atomic E-state index is -0.595. The molecule has 2 rings (SSSR count). The van der Waals surface area contributed by atoms with Crippen molar-refractivity contribution in [1.29, 1.82) is 0 Å². The summed E-state index contributed by atoms with van der Waals surface area (Å²) in [4.78, 5) is 0. The van der Waals surface area contributed by atoms with E-state index >= 15 is 0 Å². The number of rotatable bonds is 1. The van der Waals surface area contributed by atoms with Gasteiger partial charge >= 0.3 is 0 Å². The van der Waals surface area contributed by atoms with Crippen molar-refractivity contribution in [3.63, 3.8) is 0 Å². The number of halogens is 2. The third-order valence-corrected chi connectivity index (χ3v) is 2.43. The van der Waals surface area contributed by atoms with E-state index in [1.807, 2.05) is 6.07 Å². The Morgan fingerprint density at radius 2 is 1.67 bits per heavy atom. The van der Waals surface area contributed by atoms with Gasteiger partial charge in [-0.15, -0.1) is 0 Å². The number of hydrogen-bond donors (Lipinski definition) is 1. The Morgan fingerprint density at radius 1 is 1.00 bits per heavy atom. The molecule has 0 bridgehead atoms. The summed E-state index contributed by atoms with van der Waals surface area (Å²) in [5.74, 6) is -0.703. The van der Waals surface area contributed by atoms with Crippen LogP contribution in [-0.4, -0.2) is 5.11 Å². The molecule has 0 spiro atoms. The van der Waals surface area contributed by atoms with Crippen LogP contribution in [0, 0.1) is 5.82 Å². The molecule has 0 aliphatic rings. The van der Waals surface area contributed by atoms with Crippen LogP contribution >= 0.6 is 11.6 Å². The first-order chi connectivity index (χ1) is 7.20. The fourth-order valence-electron chi connectivity index (χ4n) is 1.42. The van der Waals surface area contributed by atoms with E-state index in [0.717, 1.165) is 0 Å². The van der Waals surface area contributed by atoms with Crippen molar-refractivity contribution in [2.24, 2.45) is 0 Å². The third kappa shape index (κ3) is 1.81. The van der Waals surface area contributed by atoms with E-state index in [0.29, 0.717) is 5.56 Å². The first kappa shape index (κ1) is 9.99. The zero-order chi connectivity index (χ0) is 10.8. The van der Waals surface area contributed by atoms with Gasteiger partial charge in [0.1, 0.15) is 5.75 Å². The van der Waals surface area contributed by atoms with Gasteiger partial charge in [-0.3, -0.25) is 0 Å². The largest absolute Gasteiger partial charge is 0.507 e. The highest BCUT2D eigenvalue weighted by molar-refractivity contribution is 6.31. The smallest absolute Gasteiger partial charge is 0.153 e. The van der Waals surface area contributed by atoms with E-state index < -0.39 is 5.82 Å². The van der Waals surface area contributed by atoms with Gasteiger partial charge in [0.2, 0.25) is 0 Å². The molecule has 0 fully saturated rings. The second-order valence-electron chi connectivity index (χ2n) is 3.12. The van der Waals surface area contributed by atoms with Crippen LogP contribution in [0.5, 0.6) is 5.75 Å². The maximum Gasteiger partial charge on any atom is 0.153 e. The molecule has 0 aliphatic carbocycles. The van der Waals surface area contributed by atoms with Crippen molar-refractivity contribution in [1.82, 2.24) is 0 Å². The van der Waals surface area contributed by atoms with Crippen LogP contribution < -0.4 is 0 Å². The van der Waals surface area contributed by atoms with Crippen LogP contribution in [0.15, 0.2) is 42.5 Å². The molecule has 0 atom stereocenters. The Kier molecular flexibility index (Phi) is 2.60. The number of phenolic OH excluding ortho intramolecular Hbond substituents is 1. The minimum absolute atomic E-state index is 0.00616. The van der Waals surface area contributed by atoms with Crippen molar-refractivity contribution in [2.45, 2.75) is 0 Å². The molecular formula is C12H8ClFO. The van der Waals surface area contributed by atoms with E-state index in [9.17, 15) is 9.50 Å². The lowest BCUT2D eigenvalue weighted by Crippen LogP contribution is -1.86. The van der Waals surface area contributed by atoms with Gasteiger partial charge in [-0.2, -0.15) is 0 Å². The maximum absolute atomic E-state index is 13.7.